The van der Waals surface area contributed by atoms with Crippen molar-refractivity contribution >= 4 is 0 Å². The molecular weight excluding hydrogens is 226 g/mol. The first-order valence-corrected chi connectivity index (χ1v) is 6.55. The Bertz CT molecular complexity index is 487. The van der Waals surface area contributed by atoms with Crippen molar-refractivity contribution in [3.63, 3.8) is 0 Å². The van der Waals surface area contributed by atoms with Gasteiger partial charge in [0.15, 0.2) is 0 Å². The van der Waals surface area contributed by atoms with Crippen molar-refractivity contribution < 1.29 is 4.42 Å². The van der Waals surface area contributed by atoms with Crippen LogP contribution in [0.3, 0.4) is 0 Å². The van der Waals surface area contributed by atoms with Crippen LogP contribution in [0.5, 0.6) is 0 Å². The average molecular weight is 247 g/mol. The van der Waals surface area contributed by atoms with Crippen LogP contribution < -0.4 is 5.32 Å². The van der Waals surface area contributed by atoms with E-state index in [1.807, 2.05) is 25.6 Å². The predicted molar refractivity (Wildman–Crippen MR) is 71.5 cm³/mol. The Morgan fingerprint density at radius 2 is 2.28 bits per heavy atom. The van der Waals surface area contributed by atoms with Crippen LogP contribution in [0.4, 0.5) is 0 Å². The van der Waals surface area contributed by atoms with E-state index >= 15 is 0 Å². The van der Waals surface area contributed by atoms with E-state index < -0.39 is 0 Å². The van der Waals surface area contributed by atoms with Crippen molar-refractivity contribution in [3.05, 3.63) is 41.9 Å². The van der Waals surface area contributed by atoms with Gasteiger partial charge in [0, 0.05) is 24.5 Å². The third-order valence-electron chi connectivity index (χ3n) is 3.03. The molecule has 0 aromatic carbocycles. The van der Waals surface area contributed by atoms with Gasteiger partial charge in [0.2, 0.25) is 0 Å². The summed E-state index contributed by atoms with van der Waals surface area (Å²) >= 11 is 0. The maximum atomic E-state index is 5.42. The minimum absolute atomic E-state index is 0.109. The number of nitrogens with zero attached hydrogens (tertiary/aromatic N) is 2. The number of furan rings is 1. The van der Waals surface area contributed by atoms with Crippen LogP contribution in [0.25, 0.3) is 0 Å². The minimum atomic E-state index is 0.109. The van der Waals surface area contributed by atoms with Crippen LogP contribution in [0.1, 0.15) is 43.5 Å². The molecule has 4 heteroatoms. The van der Waals surface area contributed by atoms with E-state index in [1.54, 1.807) is 0 Å². The third-order valence-corrected chi connectivity index (χ3v) is 3.03. The Balaban J connectivity index is 2.30. The fourth-order valence-electron chi connectivity index (χ4n) is 2.11. The van der Waals surface area contributed by atoms with Gasteiger partial charge in [-0.1, -0.05) is 6.92 Å². The van der Waals surface area contributed by atoms with E-state index in [1.165, 1.54) is 0 Å². The number of rotatable bonds is 6. The molecule has 4 nitrogen and oxygen atoms in total. The summed E-state index contributed by atoms with van der Waals surface area (Å²) in [6, 6.07) is 2.18. The SMILES string of the molecule is CCCNC(c1coc(C)c1)c1nccn1CC. The largest absolute Gasteiger partial charge is 0.469 e. The predicted octanol–water partition coefficient (Wildman–Crippen LogP) is 2.89. The van der Waals surface area contributed by atoms with Crippen molar-refractivity contribution in [3.8, 4) is 0 Å². The number of imidazole rings is 1. The molecular formula is C14H21N3O. The number of nitrogens with one attached hydrogen (secondary N) is 1. The first kappa shape index (κ1) is 12.9. The molecule has 0 fully saturated rings. The Kier molecular flexibility index (Phi) is 4.20. The van der Waals surface area contributed by atoms with Crippen molar-refractivity contribution in [2.75, 3.05) is 6.54 Å². The minimum Gasteiger partial charge on any atom is -0.469 e. The molecule has 0 aliphatic rings. The second-order valence-electron chi connectivity index (χ2n) is 4.45. The van der Waals surface area contributed by atoms with E-state index in [4.69, 9.17) is 4.42 Å². The second kappa shape index (κ2) is 5.87. The number of hydrogen-bond acceptors (Lipinski definition) is 3. The summed E-state index contributed by atoms with van der Waals surface area (Å²) in [5.74, 6) is 1.98. The van der Waals surface area contributed by atoms with Crippen LogP contribution in [0, 0.1) is 6.92 Å². The first-order valence-electron chi connectivity index (χ1n) is 6.55. The van der Waals surface area contributed by atoms with E-state index in [-0.39, 0.29) is 6.04 Å². The van der Waals surface area contributed by atoms with E-state index in [9.17, 15) is 0 Å². The highest BCUT2D eigenvalue weighted by Crippen LogP contribution is 2.22. The highest BCUT2D eigenvalue weighted by Gasteiger charge is 2.19. The standard InChI is InChI=1S/C14H21N3O/c1-4-6-15-13(12-9-11(3)18-10-12)14-16-7-8-17(14)5-2/h7-10,13,15H,4-6H2,1-3H3. The molecule has 18 heavy (non-hydrogen) atoms. The average Bonchev–Trinajstić information content (AvgIpc) is 2.99. The molecule has 0 spiro atoms. The molecule has 1 unspecified atom stereocenters. The molecule has 98 valence electrons. The highest BCUT2D eigenvalue weighted by molar-refractivity contribution is 5.23. The van der Waals surface area contributed by atoms with Gasteiger partial charge in [0.1, 0.15) is 11.6 Å². The third kappa shape index (κ3) is 2.64. The van der Waals surface area contributed by atoms with E-state index in [0.717, 1.165) is 36.7 Å². The van der Waals surface area contributed by atoms with Crippen LogP contribution >= 0.6 is 0 Å². The molecule has 0 aliphatic heterocycles. The summed E-state index contributed by atoms with van der Waals surface area (Å²) in [6.45, 7) is 8.15. The lowest BCUT2D eigenvalue weighted by Crippen LogP contribution is -2.25. The molecule has 1 atom stereocenters. The quantitative estimate of drug-likeness (QED) is 0.853. The van der Waals surface area contributed by atoms with Gasteiger partial charge >= 0.3 is 0 Å². The molecule has 0 bridgehead atoms. The number of hydrogen-bond donors (Lipinski definition) is 1. The number of aromatic nitrogens is 2. The zero-order valence-corrected chi connectivity index (χ0v) is 11.3. The van der Waals surface area contributed by atoms with E-state index in [2.05, 4.69) is 34.8 Å². The van der Waals surface area contributed by atoms with E-state index in [0.29, 0.717) is 0 Å². The van der Waals surface area contributed by atoms with Gasteiger partial charge in [-0.15, -0.1) is 0 Å². The lowest BCUT2D eigenvalue weighted by molar-refractivity contribution is 0.512. The maximum absolute atomic E-state index is 5.42. The van der Waals surface area contributed by atoms with Gasteiger partial charge < -0.3 is 14.3 Å². The lowest BCUT2D eigenvalue weighted by atomic mass is 10.1. The zero-order chi connectivity index (χ0) is 13.0. The summed E-state index contributed by atoms with van der Waals surface area (Å²) in [6.07, 6.45) is 6.78. The topological polar surface area (TPSA) is 43.0 Å². The number of aryl methyl sites for hydroxylation is 2. The molecule has 2 aromatic heterocycles. The summed E-state index contributed by atoms with van der Waals surface area (Å²) in [5.41, 5.74) is 1.14. The monoisotopic (exact) mass is 247 g/mol. The van der Waals surface area contributed by atoms with Crippen molar-refractivity contribution in [1.82, 2.24) is 14.9 Å². The highest BCUT2D eigenvalue weighted by atomic mass is 16.3. The summed E-state index contributed by atoms with van der Waals surface area (Å²) in [7, 11) is 0. The molecule has 2 aromatic rings. The first-order chi connectivity index (χ1) is 8.76. The molecule has 0 amide bonds. The Hall–Kier alpha value is -1.55. The second-order valence-corrected chi connectivity index (χ2v) is 4.45. The van der Waals surface area contributed by atoms with Gasteiger partial charge in [-0.2, -0.15) is 0 Å². The van der Waals surface area contributed by atoms with Gasteiger partial charge in [-0.25, -0.2) is 4.98 Å². The molecule has 1 N–H and O–H groups in total. The smallest absolute Gasteiger partial charge is 0.130 e. The van der Waals surface area contributed by atoms with Crippen molar-refractivity contribution in [2.24, 2.45) is 0 Å². The summed E-state index contributed by atoms with van der Waals surface area (Å²) in [5, 5.41) is 3.53. The Labute approximate surface area is 108 Å². The molecule has 0 radical (unpaired) electrons. The lowest BCUT2D eigenvalue weighted by Gasteiger charge is -2.17. The van der Waals surface area contributed by atoms with Crippen molar-refractivity contribution in [1.29, 1.82) is 0 Å². The van der Waals surface area contributed by atoms with Gasteiger partial charge in [-0.3, -0.25) is 0 Å². The summed E-state index contributed by atoms with van der Waals surface area (Å²) < 4.78 is 7.58. The molecule has 0 aliphatic carbocycles. The Morgan fingerprint density at radius 3 is 2.89 bits per heavy atom. The van der Waals surface area contributed by atoms with Crippen LogP contribution in [-0.2, 0) is 6.54 Å². The van der Waals surface area contributed by atoms with Crippen LogP contribution in [0.2, 0.25) is 0 Å². The van der Waals surface area contributed by atoms with Gasteiger partial charge in [-0.05, 0) is 32.9 Å². The molecule has 2 heterocycles. The van der Waals surface area contributed by atoms with Gasteiger partial charge in [0.05, 0.1) is 12.3 Å². The fraction of sp³-hybridized carbons (Fsp3) is 0.500. The Morgan fingerprint density at radius 1 is 1.44 bits per heavy atom. The molecule has 2 rings (SSSR count). The maximum Gasteiger partial charge on any atom is 0.130 e. The van der Waals surface area contributed by atoms with Crippen LogP contribution in [-0.4, -0.2) is 16.1 Å². The normalized spacial score (nSPS) is 12.8. The zero-order valence-electron chi connectivity index (χ0n) is 11.3. The molecule has 0 saturated heterocycles. The fourth-order valence-corrected chi connectivity index (χ4v) is 2.11. The molecule has 0 saturated carbocycles. The summed E-state index contributed by atoms with van der Waals surface area (Å²) in [4.78, 5) is 4.48. The van der Waals surface area contributed by atoms with Crippen molar-refractivity contribution in [2.45, 2.75) is 39.8 Å². The van der Waals surface area contributed by atoms with Gasteiger partial charge in [0.25, 0.3) is 0 Å². The van der Waals surface area contributed by atoms with Crippen LogP contribution in [0.15, 0.2) is 29.1 Å².